The van der Waals surface area contributed by atoms with Gasteiger partial charge in [-0.3, -0.25) is 9.98 Å². The van der Waals surface area contributed by atoms with Crippen LogP contribution in [0.4, 0.5) is 0 Å². The van der Waals surface area contributed by atoms with Gasteiger partial charge in [0.05, 0.1) is 22.8 Å². The SMILES string of the molecule is c1ccc(C2=NC(c3cc4ccc3CCc3ccc(cc3-c3nc(-c5ccccc5)c(-c5ccccc5)[nH]3)CC4)N=C2c2ccccc2)cc1. The Balaban J connectivity index is 1.11. The molecule has 240 valence electrons. The molecule has 4 bridgehead atoms. The van der Waals surface area contributed by atoms with Crippen molar-refractivity contribution in [3.05, 3.63) is 197 Å². The Labute approximate surface area is 293 Å². The van der Waals surface area contributed by atoms with E-state index in [4.69, 9.17) is 15.0 Å². The van der Waals surface area contributed by atoms with E-state index in [0.29, 0.717) is 0 Å². The molecule has 12 rings (SSSR count). The lowest BCUT2D eigenvalue weighted by Crippen LogP contribution is -2.13. The Hall–Kier alpha value is -6.13. The van der Waals surface area contributed by atoms with Crippen LogP contribution < -0.4 is 0 Å². The van der Waals surface area contributed by atoms with Gasteiger partial charge >= 0.3 is 0 Å². The molecule has 4 heteroatoms. The summed E-state index contributed by atoms with van der Waals surface area (Å²) >= 11 is 0. The first-order valence-corrected chi connectivity index (χ1v) is 17.5. The van der Waals surface area contributed by atoms with Crippen molar-refractivity contribution in [2.75, 3.05) is 0 Å². The van der Waals surface area contributed by atoms with Crippen LogP contribution in [0.1, 0.15) is 45.1 Å². The van der Waals surface area contributed by atoms with Crippen molar-refractivity contribution >= 4 is 11.4 Å². The van der Waals surface area contributed by atoms with E-state index in [1.165, 1.54) is 33.4 Å². The summed E-state index contributed by atoms with van der Waals surface area (Å²) in [5.41, 5.74) is 15.9. The minimum absolute atomic E-state index is 0.286. The smallest absolute Gasteiger partial charge is 0.166 e. The van der Waals surface area contributed by atoms with Gasteiger partial charge in [0.15, 0.2) is 6.17 Å². The predicted molar refractivity (Wildman–Crippen MR) is 205 cm³/mol. The number of imidazole rings is 1. The second kappa shape index (κ2) is 13.1. The minimum Gasteiger partial charge on any atom is -0.337 e. The van der Waals surface area contributed by atoms with Crippen molar-refractivity contribution in [2.45, 2.75) is 31.8 Å². The van der Waals surface area contributed by atoms with Crippen LogP contribution in [-0.2, 0) is 25.7 Å². The Morgan fingerprint density at radius 1 is 0.460 bits per heavy atom. The summed E-state index contributed by atoms with van der Waals surface area (Å²) in [6.45, 7) is 0. The molecule has 6 aromatic carbocycles. The summed E-state index contributed by atoms with van der Waals surface area (Å²) in [5, 5.41) is 0. The van der Waals surface area contributed by atoms with Crippen LogP contribution in [0, 0.1) is 0 Å². The normalized spacial score (nSPS) is 14.2. The van der Waals surface area contributed by atoms with Gasteiger partial charge in [0.2, 0.25) is 0 Å². The number of aromatic nitrogens is 2. The van der Waals surface area contributed by atoms with Crippen LogP contribution in [-0.4, -0.2) is 21.4 Å². The molecule has 0 saturated carbocycles. The van der Waals surface area contributed by atoms with E-state index in [1.54, 1.807) is 0 Å². The van der Waals surface area contributed by atoms with Crippen LogP contribution >= 0.6 is 0 Å². The van der Waals surface area contributed by atoms with E-state index in [9.17, 15) is 0 Å². The number of aliphatic imine (C=N–C) groups is 2. The fraction of sp³-hybridized carbons (Fsp3) is 0.109. The first-order valence-electron chi connectivity index (χ1n) is 17.5. The number of rotatable bonds is 6. The monoisotopic (exact) mass is 644 g/mol. The zero-order valence-electron chi connectivity index (χ0n) is 27.8. The second-order valence-electron chi connectivity index (χ2n) is 13.1. The first-order chi connectivity index (χ1) is 24.8. The molecule has 0 radical (unpaired) electrons. The molecule has 1 aliphatic heterocycles. The second-order valence-corrected chi connectivity index (χ2v) is 13.1. The molecular weight excluding hydrogens is 609 g/mol. The third-order valence-corrected chi connectivity index (χ3v) is 9.92. The van der Waals surface area contributed by atoms with Crippen molar-refractivity contribution in [1.29, 1.82) is 0 Å². The maximum atomic E-state index is 5.33. The molecule has 0 saturated heterocycles. The molecule has 0 fully saturated rings. The first kappa shape index (κ1) is 30.0. The lowest BCUT2D eigenvalue weighted by Gasteiger charge is -2.17. The van der Waals surface area contributed by atoms with Crippen molar-refractivity contribution in [3.8, 4) is 33.9 Å². The Morgan fingerprint density at radius 2 is 0.960 bits per heavy atom. The number of benzene rings is 6. The van der Waals surface area contributed by atoms with E-state index < -0.39 is 0 Å². The average Bonchev–Trinajstić information content (AvgIpc) is 3.83. The van der Waals surface area contributed by atoms with Gasteiger partial charge in [0.1, 0.15) is 5.82 Å². The van der Waals surface area contributed by atoms with E-state index in [0.717, 1.165) is 76.6 Å². The number of hydrogen-bond donors (Lipinski definition) is 1. The minimum atomic E-state index is -0.286. The van der Waals surface area contributed by atoms with E-state index in [-0.39, 0.29) is 6.17 Å². The molecule has 7 aromatic rings. The highest BCUT2D eigenvalue weighted by Crippen LogP contribution is 2.37. The average molecular weight is 645 g/mol. The number of nitrogens with one attached hydrogen (secondary N) is 1. The fourth-order valence-corrected chi connectivity index (χ4v) is 7.31. The third-order valence-electron chi connectivity index (χ3n) is 9.92. The summed E-state index contributed by atoms with van der Waals surface area (Å²) in [6, 6.07) is 55.9. The molecule has 0 unspecified atom stereocenters. The summed E-state index contributed by atoms with van der Waals surface area (Å²) in [6.07, 6.45) is 3.34. The largest absolute Gasteiger partial charge is 0.337 e. The molecule has 1 N–H and O–H groups in total. The van der Waals surface area contributed by atoms with Gasteiger partial charge in [0.25, 0.3) is 0 Å². The van der Waals surface area contributed by atoms with Crippen molar-refractivity contribution < 1.29 is 0 Å². The van der Waals surface area contributed by atoms with Gasteiger partial charge < -0.3 is 4.98 Å². The molecule has 1 aromatic heterocycles. The highest BCUT2D eigenvalue weighted by molar-refractivity contribution is 6.54. The maximum absolute atomic E-state index is 5.33. The molecular formula is C46H36N4. The van der Waals surface area contributed by atoms with Crippen molar-refractivity contribution in [3.63, 3.8) is 0 Å². The molecule has 4 nitrogen and oxygen atoms in total. The van der Waals surface area contributed by atoms with Gasteiger partial charge in [-0.25, -0.2) is 4.98 Å². The summed E-state index contributed by atoms with van der Waals surface area (Å²) in [5.74, 6) is 0.913. The van der Waals surface area contributed by atoms with Gasteiger partial charge in [-0.15, -0.1) is 0 Å². The predicted octanol–water partition coefficient (Wildman–Crippen LogP) is 10.3. The molecule has 0 amide bonds. The van der Waals surface area contributed by atoms with Crippen molar-refractivity contribution in [1.82, 2.24) is 9.97 Å². The van der Waals surface area contributed by atoms with Gasteiger partial charge in [-0.1, -0.05) is 152 Å². The van der Waals surface area contributed by atoms with E-state index in [1.807, 2.05) is 0 Å². The quantitative estimate of drug-likeness (QED) is 0.192. The molecule has 0 spiro atoms. The topological polar surface area (TPSA) is 53.4 Å². The van der Waals surface area contributed by atoms with Crippen LogP contribution in [0.3, 0.4) is 0 Å². The number of aromatic amines is 1. The van der Waals surface area contributed by atoms with Gasteiger partial charge in [-0.2, -0.15) is 0 Å². The Kier molecular flexibility index (Phi) is 7.83. The zero-order valence-corrected chi connectivity index (χ0v) is 27.8. The van der Waals surface area contributed by atoms with Crippen molar-refractivity contribution in [2.24, 2.45) is 9.98 Å². The molecule has 50 heavy (non-hydrogen) atoms. The van der Waals surface area contributed by atoms with Crippen LogP contribution in [0.2, 0.25) is 0 Å². The number of hydrogen-bond acceptors (Lipinski definition) is 3. The molecule has 5 aliphatic rings. The lowest BCUT2D eigenvalue weighted by atomic mass is 9.90. The summed E-state index contributed by atoms with van der Waals surface area (Å²) < 4.78 is 0. The maximum Gasteiger partial charge on any atom is 0.166 e. The highest BCUT2D eigenvalue weighted by Gasteiger charge is 2.27. The lowest BCUT2D eigenvalue weighted by molar-refractivity contribution is 0.770. The Bertz CT molecular complexity index is 2240. The van der Waals surface area contributed by atoms with E-state index >= 15 is 0 Å². The molecule has 2 heterocycles. The number of aryl methyl sites for hydroxylation is 4. The van der Waals surface area contributed by atoms with Crippen LogP contribution in [0.25, 0.3) is 33.9 Å². The number of H-pyrrole nitrogens is 1. The van der Waals surface area contributed by atoms with Crippen LogP contribution in [0.5, 0.6) is 0 Å². The van der Waals surface area contributed by atoms with Gasteiger partial charge in [-0.05, 0) is 54.0 Å². The summed E-state index contributed by atoms with van der Waals surface area (Å²) in [4.78, 5) is 19.7. The standard InChI is InChI=1S/C46H36N4/c1-5-13-35(14-6-1)41-42(36-15-7-2-8-16-36)48-45(47-41)39-29-31-21-22-32-24-26-34(28-27-33(39)25-23-31)40(30-32)46-49-43(37-17-9-3-10-18-37)44(50-46)38-19-11-4-12-20-38/h1-20,23-26,29-30,45H,21-22,27-28H2,(H,49,50). The molecule has 4 aliphatic carbocycles. The Morgan fingerprint density at radius 3 is 1.56 bits per heavy atom. The highest BCUT2D eigenvalue weighted by atomic mass is 15.1. The van der Waals surface area contributed by atoms with E-state index in [2.05, 4.69) is 163 Å². The summed E-state index contributed by atoms with van der Waals surface area (Å²) in [7, 11) is 0. The number of nitrogens with zero attached hydrogens (tertiary/aromatic N) is 3. The third kappa shape index (κ3) is 5.79. The zero-order chi connectivity index (χ0) is 33.3. The van der Waals surface area contributed by atoms with Gasteiger partial charge in [0, 0.05) is 33.4 Å². The van der Waals surface area contributed by atoms with Crippen LogP contribution in [0.15, 0.2) is 168 Å². The fourth-order valence-electron chi connectivity index (χ4n) is 7.31. The molecule has 0 atom stereocenters.